The average Bonchev–Trinajstić information content (AvgIpc) is 3.24. The second-order valence-corrected chi connectivity index (χ2v) is 9.30. The number of nitrogens with zero attached hydrogens (tertiary/aromatic N) is 3. The van der Waals surface area contributed by atoms with E-state index >= 15 is 0 Å². The molecule has 1 amide bonds. The minimum atomic E-state index is -0.464. The largest absolute Gasteiger partial charge is 0.379 e. The molecule has 3 aromatic rings. The van der Waals surface area contributed by atoms with Crippen LogP contribution in [0.4, 0.5) is 11.4 Å². The number of nitrogens with one attached hydrogen (secondary N) is 1. The van der Waals surface area contributed by atoms with E-state index in [1.807, 2.05) is 24.8 Å². The fourth-order valence-corrected chi connectivity index (χ4v) is 4.45. The minimum absolute atomic E-state index is 0.130. The molecule has 4 rings (SSSR count). The monoisotopic (exact) mass is 405 g/mol. The van der Waals surface area contributed by atoms with Crippen LogP contribution in [0.2, 0.25) is 0 Å². The number of aromatic nitrogens is 2. The Balaban J connectivity index is 1.81. The first kappa shape index (κ1) is 20.3. The van der Waals surface area contributed by atoms with E-state index in [1.165, 1.54) is 6.42 Å². The van der Waals surface area contributed by atoms with Crippen LogP contribution in [0.3, 0.4) is 0 Å². The predicted molar refractivity (Wildman–Crippen MR) is 123 cm³/mol. The standard InChI is InChI=1S/C24H31N5O/c1-15-9-10-21(24(15,2)3)27-22-19(23(25)30)13-26-29-14-17(12-20(22)29)16-7-6-8-18(11-16)28(4)5/h6-8,11-15,21,27H,9-10H2,1-5H3,(H2,25,30)/t15?,21-/m1/s1. The number of amides is 1. The molecule has 1 aromatic carbocycles. The van der Waals surface area contributed by atoms with Gasteiger partial charge in [-0.1, -0.05) is 32.9 Å². The van der Waals surface area contributed by atoms with Crippen molar-refractivity contribution in [1.29, 1.82) is 0 Å². The van der Waals surface area contributed by atoms with Gasteiger partial charge in [-0.3, -0.25) is 4.79 Å². The number of rotatable bonds is 5. The number of hydrogen-bond acceptors (Lipinski definition) is 4. The van der Waals surface area contributed by atoms with Crippen molar-refractivity contribution in [1.82, 2.24) is 9.61 Å². The lowest BCUT2D eigenvalue weighted by Crippen LogP contribution is -2.35. The zero-order valence-corrected chi connectivity index (χ0v) is 18.4. The molecule has 1 aliphatic rings. The van der Waals surface area contributed by atoms with Crippen molar-refractivity contribution in [3.8, 4) is 11.1 Å². The van der Waals surface area contributed by atoms with Gasteiger partial charge in [-0.15, -0.1) is 0 Å². The van der Waals surface area contributed by atoms with Crippen LogP contribution in [-0.4, -0.2) is 35.7 Å². The van der Waals surface area contributed by atoms with Crippen LogP contribution in [0.1, 0.15) is 44.0 Å². The van der Waals surface area contributed by atoms with E-state index in [1.54, 1.807) is 6.20 Å². The average molecular weight is 406 g/mol. The van der Waals surface area contributed by atoms with Crippen LogP contribution in [0.25, 0.3) is 16.6 Å². The number of primary amides is 1. The molecule has 2 aromatic heterocycles. The highest BCUT2D eigenvalue weighted by molar-refractivity contribution is 6.02. The van der Waals surface area contributed by atoms with Crippen molar-refractivity contribution >= 4 is 22.8 Å². The Hall–Kier alpha value is -3.02. The van der Waals surface area contributed by atoms with E-state index in [0.29, 0.717) is 11.5 Å². The molecule has 0 bridgehead atoms. The zero-order chi connectivity index (χ0) is 21.6. The van der Waals surface area contributed by atoms with Gasteiger partial charge in [0.05, 0.1) is 23.0 Å². The summed E-state index contributed by atoms with van der Waals surface area (Å²) in [6, 6.07) is 10.7. The summed E-state index contributed by atoms with van der Waals surface area (Å²) in [5, 5.41) is 8.14. The van der Waals surface area contributed by atoms with E-state index < -0.39 is 5.91 Å². The predicted octanol–water partition coefficient (Wildman–Crippen LogP) is 4.40. The summed E-state index contributed by atoms with van der Waals surface area (Å²) in [4.78, 5) is 14.3. The summed E-state index contributed by atoms with van der Waals surface area (Å²) in [6.07, 6.45) is 5.81. The fraction of sp³-hybridized carbons (Fsp3) is 0.417. The number of carbonyl (C=O) groups is 1. The van der Waals surface area contributed by atoms with Gasteiger partial charge in [-0.25, -0.2) is 4.52 Å². The molecule has 0 spiro atoms. The summed E-state index contributed by atoms with van der Waals surface area (Å²) in [5.74, 6) is 0.148. The third-order valence-electron chi connectivity index (χ3n) is 6.97. The topological polar surface area (TPSA) is 75.7 Å². The molecule has 30 heavy (non-hydrogen) atoms. The lowest BCUT2D eigenvalue weighted by molar-refractivity contribution is 0.100. The molecule has 2 heterocycles. The van der Waals surface area contributed by atoms with Crippen LogP contribution < -0.4 is 16.0 Å². The van der Waals surface area contributed by atoms with Crippen LogP contribution in [-0.2, 0) is 0 Å². The third-order valence-corrected chi connectivity index (χ3v) is 6.97. The quantitative estimate of drug-likeness (QED) is 0.660. The molecule has 1 fully saturated rings. The maximum Gasteiger partial charge on any atom is 0.252 e. The van der Waals surface area contributed by atoms with Crippen LogP contribution >= 0.6 is 0 Å². The number of hydrogen-bond donors (Lipinski definition) is 2. The van der Waals surface area contributed by atoms with Gasteiger partial charge in [0.2, 0.25) is 0 Å². The summed E-state index contributed by atoms with van der Waals surface area (Å²) in [7, 11) is 4.06. The Labute approximate surface area is 178 Å². The fourth-order valence-electron chi connectivity index (χ4n) is 4.45. The molecule has 1 unspecified atom stereocenters. The lowest BCUT2D eigenvalue weighted by atomic mass is 9.80. The first-order valence-electron chi connectivity index (χ1n) is 10.5. The van der Waals surface area contributed by atoms with E-state index in [4.69, 9.17) is 5.73 Å². The highest BCUT2D eigenvalue weighted by Gasteiger charge is 2.41. The normalized spacial score (nSPS) is 20.4. The first-order valence-corrected chi connectivity index (χ1v) is 10.5. The number of carbonyl (C=O) groups excluding carboxylic acids is 1. The summed E-state index contributed by atoms with van der Waals surface area (Å²) in [5.41, 5.74) is 11.2. The Morgan fingerprint density at radius 3 is 2.63 bits per heavy atom. The van der Waals surface area contributed by atoms with Crippen LogP contribution in [0.15, 0.2) is 42.7 Å². The maximum atomic E-state index is 12.2. The van der Waals surface area contributed by atoms with Gasteiger partial charge >= 0.3 is 0 Å². The molecular formula is C24H31N5O. The van der Waals surface area contributed by atoms with Gasteiger partial charge in [0.15, 0.2) is 0 Å². The number of nitrogens with two attached hydrogens (primary N) is 1. The molecule has 158 valence electrons. The molecule has 0 radical (unpaired) electrons. The third kappa shape index (κ3) is 3.40. The molecule has 6 heteroatoms. The molecule has 3 N–H and O–H groups in total. The van der Waals surface area contributed by atoms with Crippen LogP contribution in [0, 0.1) is 11.3 Å². The summed E-state index contributed by atoms with van der Waals surface area (Å²) < 4.78 is 1.83. The molecule has 0 aliphatic heterocycles. The van der Waals surface area contributed by atoms with Crippen molar-refractivity contribution in [2.45, 2.75) is 39.7 Å². The summed E-state index contributed by atoms with van der Waals surface area (Å²) in [6.45, 7) is 6.88. The minimum Gasteiger partial charge on any atom is -0.379 e. The first-order chi connectivity index (χ1) is 14.2. The number of anilines is 2. The van der Waals surface area contributed by atoms with Gasteiger partial charge in [-0.05, 0) is 47.9 Å². The molecular weight excluding hydrogens is 374 g/mol. The number of fused-ring (bicyclic) bond motifs is 1. The van der Waals surface area contributed by atoms with Crippen molar-refractivity contribution < 1.29 is 4.79 Å². The number of benzene rings is 1. The SMILES string of the molecule is CC1CC[C@@H](Nc2c(C(N)=O)cnn3cc(-c4cccc(N(C)C)c4)cc23)C1(C)C. The molecule has 1 saturated carbocycles. The zero-order valence-electron chi connectivity index (χ0n) is 18.4. The van der Waals surface area contributed by atoms with Crippen molar-refractivity contribution in [2.75, 3.05) is 24.3 Å². The molecule has 1 aliphatic carbocycles. The van der Waals surface area contributed by atoms with E-state index in [-0.39, 0.29) is 11.5 Å². The Kier molecular flexibility index (Phi) is 4.96. The van der Waals surface area contributed by atoms with Crippen molar-refractivity contribution in [3.05, 3.63) is 48.3 Å². The Bertz CT molecular complexity index is 1100. The maximum absolute atomic E-state index is 12.2. The smallest absolute Gasteiger partial charge is 0.252 e. The van der Waals surface area contributed by atoms with Crippen molar-refractivity contribution in [2.24, 2.45) is 17.1 Å². The molecule has 0 saturated heterocycles. The molecule has 2 atom stereocenters. The second-order valence-electron chi connectivity index (χ2n) is 9.30. The van der Waals surface area contributed by atoms with Gasteiger partial charge in [0.25, 0.3) is 5.91 Å². The van der Waals surface area contributed by atoms with Gasteiger partial charge in [0, 0.05) is 37.6 Å². The van der Waals surface area contributed by atoms with Gasteiger partial charge in [-0.2, -0.15) is 5.10 Å². The summed E-state index contributed by atoms with van der Waals surface area (Å²) >= 11 is 0. The molecule has 6 nitrogen and oxygen atoms in total. The lowest BCUT2D eigenvalue weighted by Gasteiger charge is -2.33. The van der Waals surface area contributed by atoms with E-state index in [9.17, 15) is 4.79 Å². The van der Waals surface area contributed by atoms with E-state index in [2.05, 4.69) is 66.4 Å². The van der Waals surface area contributed by atoms with Gasteiger partial charge in [0.1, 0.15) is 0 Å². The highest BCUT2D eigenvalue weighted by atomic mass is 16.1. The van der Waals surface area contributed by atoms with E-state index in [0.717, 1.165) is 34.4 Å². The van der Waals surface area contributed by atoms with Crippen molar-refractivity contribution in [3.63, 3.8) is 0 Å². The van der Waals surface area contributed by atoms with Gasteiger partial charge < -0.3 is 16.0 Å². The Morgan fingerprint density at radius 1 is 1.23 bits per heavy atom. The second kappa shape index (κ2) is 7.35. The van der Waals surface area contributed by atoms with Crippen LogP contribution in [0.5, 0.6) is 0 Å². The highest BCUT2D eigenvalue weighted by Crippen LogP contribution is 2.44. The Morgan fingerprint density at radius 2 is 2.00 bits per heavy atom.